The van der Waals surface area contributed by atoms with Crippen molar-refractivity contribution in [3.05, 3.63) is 75.1 Å². The minimum Gasteiger partial charge on any atom is -0.497 e. The van der Waals surface area contributed by atoms with Crippen molar-refractivity contribution in [2.45, 2.75) is 6.54 Å². The number of rotatable bonds is 7. The normalized spacial score (nSPS) is 10.3. The molecule has 1 aromatic heterocycles. The van der Waals surface area contributed by atoms with E-state index in [0.717, 1.165) is 0 Å². The summed E-state index contributed by atoms with van der Waals surface area (Å²) in [6.45, 7) is 0.361. The lowest BCUT2D eigenvalue weighted by Gasteiger charge is -2.09. The topological polar surface area (TPSA) is 99.4 Å². The Balaban J connectivity index is 1.75. The molecule has 0 aliphatic heterocycles. The first-order valence-corrected chi connectivity index (χ1v) is 8.65. The van der Waals surface area contributed by atoms with Crippen LogP contribution in [-0.4, -0.2) is 22.0 Å². The van der Waals surface area contributed by atoms with E-state index in [9.17, 15) is 10.1 Å². The summed E-state index contributed by atoms with van der Waals surface area (Å²) in [5, 5.41) is 14.5. The molecule has 0 fully saturated rings. The zero-order chi connectivity index (χ0) is 19.2. The van der Waals surface area contributed by atoms with Gasteiger partial charge >= 0.3 is 5.69 Å². The van der Waals surface area contributed by atoms with Crippen LogP contribution in [0.25, 0.3) is 0 Å². The first-order chi connectivity index (χ1) is 13.0. The Bertz CT molecular complexity index is 933. The van der Waals surface area contributed by atoms with Crippen LogP contribution in [0, 0.1) is 10.1 Å². The van der Waals surface area contributed by atoms with Gasteiger partial charge in [0.15, 0.2) is 0 Å². The van der Waals surface area contributed by atoms with Crippen LogP contribution >= 0.6 is 15.9 Å². The van der Waals surface area contributed by atoms with Crippen molar-refractivity contribution in [1.29, 1.82) is 0 Å². The Labute approximate surface area is 163 Å². The molecule has 9 heteroatoms. The Morgan fingerprint density at radius 3 is 2.48 bits per heavy atom. The molecule has 0 atom stereocenters. The number of benzene rings is 2. The average Bonchev–Trinajstić information content (AvgIpc) is 2.69. The third-order valence-corrected chi connectivity index (χ3v) is 4.01. The number of halogens is 1. The van der Waals surface area contributed by atoms with Crippen LogP contribution in [0.4, 0.5) is 11.5 Å². The van der Waals surface area contributed by atoms with Crippen LogP contribution in [0.5, 0.6) is 17.2 Å². The highest BCUT2D eigenvalue weighted by molar-refractivity contribution is 9.10. The van der Waals surface area contributed by atoms with Gasteiger partial charge in [-0.15, -0.1) is 0 Å². The third-order valence-electron chi connectivity index (χ3n) is 3.60. The highest BCUT2D eigenvalue weighted by Gasteiger charge is 2.17. The van der Waals surface area contributed by atoms with E-state index in [0.29, 0.717) is 34.0 Å². The van der Waals surface area contributed by atoms with E-state index >= 15 is 0 Å². The Kier molecular flexibility index (Phi) is 5.82. The maximum Gasteiger partial charge on any atom is 0.311 e. The van der Waals surface area contributed by atoms with Crippen molar-refractivity contribution in [2.24, 2.45) is 0 Å². The van der Waals surface area contributed by atoms with E-state index in [4.69, 9.17) is 9.47 Å². The number of nitrogens with zero attached hydrogens (tertiary/aromatic N) is 3. The van der Waals surface area contributed by atoms with Crippen LogP contribution in [0.15, 0.2) is 59.5 Å². The van der Waals surface area contributed by atoms with Gasteiger partial charge in [0.1, 0.15) is 21.9 Å². The Morgan fingerprint density at radius 2 is 1.85 bits per heavy atom. The largest absolute Gasteiger partial charge is 0.497 e. The SMILES string of the molecule is COc1ccc(Oc2ccc(CNc3cnc(Br)cn3)cc2[N+](=O)[O-])cc1. The molecule has 1 N–H and O–H groups in total. The average molecular weight is 431 g/mol. The lowest BCUT2D eigenvalue weighted by molar-refractivity contribution is -0.385. The van der Waals surface area contributed by atoms with Gasteiger partial charge in [-0.2, -0.15) is 0 Å². The van der Waals surface area contributed by atoms with Gasteiger partial charge in [0, 0.05) is 12.6 Å². The van der Waals surface area contributed by atoms with Crippen LogP contribution in [0.1, 0.15) is 5.56 Å². The summed E-state index contributed by atoms with van der Waals surface area (Å²) >= 11 is 3.21. The second-order valence-electron chi connectivity index (χ2n) is 5.41. The fourth-order valence-electron chi connectivity index (χ4n) is 2.27. The predicted octanol–water partition coefficient (Wildman–Crippen LogP) is 4.56. The molecule has 0 radical (unpaired) electrons. The van der Waals surface area contributed by atoms with E-state index in [-0.39, 0.29) is 11.4 Å². The van der Waals surface area contributed by atoms with Gasteiger partial charge in [0.2, 0.25) is 5.75 Å². The predicted molar refractivity (Wildman–Crippen MR) is 103 cm³/mol. The fraction of sp³-hybridized carbons (Fsp3) is 0.111. The molecule has 8 nitrogen and oxygen atoms in total. The van der Waals surface area contributed by atoms with Crippen molar-refractivity contribution in [3.63, 3.8) is 0 Å². The van der Waals surface area contributed by atoms with E-state index in [1.807, 2.05) is 0 Å². The molecular formula is C18H15BrN4O4. The van der Waals surface area contributed by atoms with Crippen LogP contribution in [0.3, 0.4) is 0 Å². The van der Waals surface area contributed by atoms with Crippen LogP contribution < -0.4 is 14.8 Å². The zero-order valence-corrected chi connectivity index (χ0v) is 15.8. The first-order valence-electron chi connectivity index (χ1n) is 7.86. The number of nitro groups is 1. The molecule has 0 bridgehead atoms. The maximum atomic E-state index is 11.4. The standard InChI is InChI=1S/C18H15BrN4O4/c1-26-13-3-5-14(6-4-13)27-16-7-2-12(8-15(16)23(24)25)9-21-18-11-20-17(19)10-22-18/h2-8,10-11H,9H2,1H3,(H,21,22). The van der Waals surface area contributed by atoms with Gasteiger partial charge in [-0.1, -0.05) is 6.07 Å². The van der Waals surface area contributed by atoms with E-state index in [2.05, 4.69) is 31.2 Å². The fourth-order valence-corrected chi connectivity index (χ4v) is 2.47. The Morgan fingerprint density at radius 1 is 1.11 bits per heavy atom. The van der Waals surface area contributed by atoms with Crippen LogP contribution in [-0.2, 0) is 6.54 Å². The molecule has 1 heterocycles. The molecular weight excluding hydrogens is 416 g/mol. The highest BCUT2D eigenvalue weighted by Crippen LogP contribution is 2.33. The second-order valence-corrected chi connectivity index (χ2v) is 6.23. The number of hydrogen-bond acceptors (Lipinski definition) is 7. The van der Waals surface area contributed by atoms with E-state index in [1.54, 1.807) is 55.9 Å². The van der Waals surface area contributed by atoms with Crippen molar-refractivity contribution in [3.8, 4) is 17.2 Å². The zero-order valence-electron chi connectivity index (χ0n) is 14.3. The number of aromatic nitrogens is 2. The Hall–Kier alpha value is -3.20. The molecule has 3 aromatic rings. The van der Waals surface area contributed by atoms with E-state index in [1.165, 1.54) is 6.07 Å². The van der Waals surface area contributed by atoms with Gasteiger partial charge in [0.25, 0.3) is 0 Å². The molecule has 0 spiro atoms. The lowest BCUT2D eigenvalue weighted by atomic mass is 10.2. The molecule has 0 unspecified atom stereocenters. The number of ether oxygens (including phenoxy) is 2. The van der Waals surface area contributed by atoms with Gasteiger partial charge in [-0.05, 0) is 51.8 Å². The maximum absolute atomic E-state index is 11.4. The summed E-state index contributed by atoms with van der Waals surface area (Å²) in [5.74, 6) is 1.89. The van der Waals surface area contributed by atoms with Gasteiger partial charge in [0.05, 0.1) is 24.4 Å². The van der Waals surface area contributed by atoms with Gasteiger partial charge in [-0.3, -0.25) is 10.1 Å². The van der Waals surface area contributed by atoms with E-state index < -0.39 is 4.92 Å². The van der Waals surface area contributed by atoms with Gasteiger partial charge < -0.3 is 14.8 Å². The molecule has 0 amide bonds. The summed E-state index contributed by atoms with van der Waals surface area (Å²) < 4.78 is 11.4. The van der Waals surface area contributed by atoms with Crippen molar-refractivity contribution in [1.82, 2.24) is 9.97 Å². The highest BCUT2D eigenvalue weighted by atomic mass is 79.9. The minimum atomic E-state index is -0.470. The minimum absolute atomic E-state index is 0.119. The third kappa shape index (κ3) is 4.91. The summed E-state index contributed by atoms with van der Waals surface area (Å²) in [7, 11) is 1.56. The van der Waals surface area contributed by atoms with Crippen molar-refractivity contribution >= 4 is 27.4 Å². The molecule has 0 aliphatic rings. The van der Waals surface area contributed by atoms with Crippen molar-refractivity contribution in [2.75, 3.05) is 12.4 Å². The molecule has 0 saturated heterocycles. The molecule has 3 rings (SSSR count). The number of anilines is 1. The lowest BCUT2D eigenvalue weighted by Crippen LogP contribution is -2.03. The summed E-state index contributed by atoms with van der Waals surface area (Å²) in [4.78, 5) is 19.2. The number of hydrogen-bond donors (Lipinski definition) is 1. The van der Waals surface area contributed by atoms with Gasteiger partial charge in [-0.25, -0.2) is 9.97 Å². The van der Waals surface area contributed by atoms with Crippen LogP contribution in [0.2, 0.25) is 0 Å². The molecule has 2 aromatic carbocycles. The summed E-state index contributed by atoms with van der Waals surface area (Å²) in [6, 6.07) is 11.6. The summed E-state index contributed by atoms with van der Waals surface area (Å²) in [6.07, 6.45) is 3.14. The number of methoxy groups -OCH3 is 1. The number of nitro benzene ring substituents is 1. The quantitative estimate of drug-likeness (QED) is 0.433. The molecule has 138 valence electrons. The van der Waals surface area contributed by atoms with Crippen molar-refractivity contribution < 1.29 is 14.4 Å². The summed E-state index contributed by atoms with van der Waals surface area (Å²) in [5.41, 5.74) is 0.598. The smallest absolute Gasteiger partial charge is 0.311 e. The second kappa shape index (κ2) is 8.45. The monoisotopic (exact) mass is 430 g/mol. The molecule has 0 aliphatic carbocycles. The molecule has 27 heavy (non-hydrogen) atoms. The first kappa shape index (κ1) is 18.6. The molecule has 0 saturated carbocycles. The number of nitrogens with one attached hydrogen (secondary N) is 1.